The Kier molecular flexibility index (Phi) is 3.23. The first-order valence-electron chi connectivity index (χ1n) is 5.21. The average molecular weight is 227 g/mol. The summed E-state index contributed by atoms with van der Waals surface area (Å²) in [5.74, 6) is 0. The van der Waals surface area contributed by atoms with E-state index in [1.807, 2.05) is 0 Å². The maximum atomic E-state index is 9.00. The number of thiazole rings is 1. The lowest BCUT2D eigenvalue weighted by molar-refractivity contribution is 0.275. The highest BCUT2D eigenvalue weighted by Crippen LogP contribution is 2.25. The van der Waals surface area contributed by atoms with Crippen molar-refractivity contribution in [3.05, 3.63) is 11.1 Å². The quantitative estimate of drug-likeness (QED) is 0.810. The second kappa shape index (κ2) is 4.47. The van der Waals surface area contributed by atoms with Gasteiger partial charge < -0.3 is 14.9 Å². The van der Waals surface area contributed by atoms with Crippen LogP contribution in [0.5, 0.6) is 0 Å². The molecule has 1 atom stereocenters. The van der Waals surface area contributed by atoms with Gasteiger partial charge >= 0.3 is 0 Å². The monoisotopic (exact) mass is 227 g/mol. The summed E-state index contributed by atoms with van der Waals surface area (Å²) in [4.78, 5) is 9.95. The molecule has 0 aromatic carbocycles. The number of aromatic nitrogens is 1. The number of nitrogens with zero attached hydrogens (tertiary/aromatic N) is 3. The van der Waals surface area contributed by atoms with Crippen LogP contribution < -0.4 is 4.90 Å². The molecular weight excluding hydrogens is 210 g/mol. The standard InChI is InChI=1S/C10H17N3OS/c1-8-6-12(2)3-4-13(8)10-11-5-9(7-14)15-10/h5,8,14H,3-4,6-7H2,1-2H3. The molecule has 1 N–H and O–H groups in total. The molecule has 1 unspecified atom stereocenters. The number of aliphatic hydroxyl groups is 1. The maximum absolute atomic E-state index is 9.00. The van der Waals surface area contributed by atoms with E-state index >= 15 is 0 Å². The molecule has 2 rings (SSSR count). The van der Waals surface area contributed by atoms with Crippen LogP contribution in [0.2, 0.25) is 0 Å². The van der Waals surface area contributed by atoms with Gasteiger partial charge in [0.05, 0.1) is 11.5 Å². The lowest BCUT2D eigenvalue weighted by Crippen LogP contribution is -2.50. The van der Waals surface area contributed by atoms with Crippen LogP contribution in [0.1, 0.15) is 11.8 Å². The van der Waals surface area contributed by atoms with Gasteiger partial charge in [-0.1, -0.05) is 11.3 Å². The van der Waals surface area contributed by atoms with Crippen LogP contribution in [0.15, 0.2) is 6.20 Å². The van der Waals surface area contributed by atoms with E-state index in [9.17, 15) is 0 Å². The minimum absolute atomic E-state index is 0.0970. The highest BCUT2D eigenvalue weighted by Gasteiger charge is 2.23. The molecule has 1 aromatic rings. The van der Waals surface area contributed by atoms with Gasteiger partial charge in [-0.15, -0.1) is 0 Å². The average Bonchev–Trinajstić information content (AvgIpc) is 2.66. The fourth-order valence-corrected chi connectivity index (χ4v) is 2.83. The summed E-state index contributed by atoms with van der Waals surface area (Å²) in [6.07, 6.45) is 1.77. The van der Waals surface area contributed by atoms with Gasteiger partial charge in [-0.3, -0.25) is 0 Å². The first-order valence-corrected chi connectivity index (χ1v) is 6.03. The van der Waals surface area contributed by atoms with Crippen LogP contribution in [-0.2, 0) is 6.61 Å². The Labute approximate surface area is 94.2 Å². The van der Waals surface area contributed by atoms with E-state index in [1.54, 1.807) is 17.5 Å². The third-order valence-corrected chi connectivity index (χ3v) is 3.79. The van der Waals surface area contributed by atoms with Crippen LogP contribution >= 0.6 is 11.3 Å². The van der Waals surface area contributed by atoms with Gasteiger partial charge in [0.1, 0.15) is 0 Å². The van der Waals surface area contributed by atoms with Crippen molar-refractivity contribution in [2.75, 3.05) is 31.6 Å². The molecule has 15 heavy (non-hydrogen) atoms. The van der Waals surface area contributed by atoms with E-state index in [2.05, 4.69) is 28.8 Å². The molecule has 1 aliphatic rings. The molecule has 0 bridgehead atoms. The van der Waals surface area contributed by atoms with Crippen molar-refractivity contribution in [1.82, 2.24) is 9.88 Å². The predicted octanol–water partition coefficient (Wildman–Crippen LogP) is 0.776. The summed E-state index contributed by atoms with van der Waals surface area (Å²) in [6.45, 7) is 5.50. The zero-order valence-corrected chi connectivity index (χ0v) is 10.00. The first-order chi connectivity index (χ1) is 7.20. The first kappa shape index (κ1) is 10.9. The Hall–Kier alpha value is -0.650. The Morgan fingerprint density at radius 3 is 3.00 bits per heavy atom. The number of likely N-dealkylation sites (N-methyl/N-ethyl adjacent to an activating group) is 1. The number of piperazine rings is 1. The van der Waals surface area contributed by atoms with E-state index < -0.39 is 0 Å². The van der Waals surface area contributed by atoms with Crippen molar-refractivity contribution in [2.24, 2.45) is 0 Å². The molecule has 5 heteroatoms. The van der Waals surface area contributed by atoms with Crippen LogP contribution in [0.4, 0.5) is 5.13 Å². The molecule has 0 amide bonds. The van der Waals surface area contributed by atoms with E-state index in [1.165, 1.54) is 0 Å². The molecule has 1 fully saturated rings. The van der Waals surface area contributed by atoms with Crippen LogP contribution in [0.25, 0.3) is 0 Å². The minimum Gasteiger partial charge on any atom is -0.391 e. The fourth-order valence-electron chi connectivity index (χ4n) is 1.93. The molecule has 0 spiro atoms. The Morgan fingerprint density at radius 2 is 2.40 bits per heavy atom. The largest absolute Gasteiger partial charge is 0.391 e. The second-order valence-electron chi connectivity index (χ2n) is 4.07. The summed E-state index contributed by atoms with van der Waals surface area (Å²) >= 11 is 1.59. The van der Waals surface area contributed by atoms with Gasteiger partial charge in [0.25, 0.3) is 0 Å². The van der Waals surface area contributed by atoms with Gasteiger partial charge in [-0.2, -0.15) is 0 Å². The molecule has 2 heterocycles. The molecule has 1 aromatic heterocycles. The van der Waals surface area contributed by atoms with Crippen molar-refractivity contribution in [1.29, 1.82) is 0 Å². The molecule has 1 saturated heterocycles. The van der Waals surface area contributed by atoms with E-state index in [0.717, 1.165) is 29.6 Å². The second-order valence-corrected chi connectivity index (χ2v) is 5.17. The van der Waals surface area contributed by atoms with Crippen LogP contribution in [-0.4, -0.2) is 47.7 Å². The van der Waals surface area contributed by atoms with E-state index in [-0.39, 0.29) is 6.61 Å². The van der Waals surface area contributed by atoms with Crippen LogP contribution in [0, 0.1) is 0 Å². The van der Waals surface area contributed by atoms with Gasteiger partial charge in [0.2, 0.25) is 0 Å². The lowest BCUT2D eigenvalue weighted by atomic mass is 10.2. The van der Waals surface area contributed by atoms with Gasteiger partial charge in [-0.05, 0) is 14.0 Å². The number of aliphatic hydroxyl groups excluding tert-OH is 1. The number of hydrogen-bond acceptors (Lipinski definition) is 5. The molecule has 4 nitrogen and oxygen atoms in total. The Balaban J connectivity index is 2.09. The summed E-state index contributed by atoms with van der Waals surface area (Å²) in [5, 5.41) is 10.0. The van der Waals surface area contributed by atoms with Gasteiger partial charge in [0.15, 0.2) is 5.13 Å². The number of rotatable bonds is 2. The number of hydrogen-bond donors (Lipinski definition) is 1. The normalized spacial score (nSPS) is 23.4. The zero-order valence-electron chi connectivity index (χ0n) is 9.18. The molecule has 0 aliphatic carbocycles. The summed E-state index contributed by atoms with van der Waals surface area (Å²) in [6, 6.07) is 0.501. The fraction of sp³-hybridized carbons (Fsp3) is 0.700. The third-order valence-electron chi connectivity index (χ3n) is 2.77. The topological polar surface area (TPSA) is 39.6 Å². The summed E-state index contributed by atoms with van der Waals surface area (Å²) < 4.78 is 0. The van der Waals surface area contributed by atoms with Crippen molar-refractivity contribution in [3.63, 3.8) is 0 Å². The van der Waals surface area contributed by atoms with E-state index in [0.29, 0.717) is 6.04 Å². The van der Waals surface area contributed by atoms with Crippen molar-refractivity contribution in [3.8, 4) is 0 Å². The zero-order chi connectivity index (χ0) is 10.8. The van der Waals surface area contributed by atoms with E-state index in [4.69, 9.17) is 5.11 Å². The molecule has 1 aliphatic heterocycles. The molecule has 0 saturated carbocycles. The Morgan fingerprint density at radius 1 is 1.60 bits per heavy atom. The number of anilines is 1. The third kappa shape index (κ3) is 2.30. The maximum Gasteiger partial charge on any atom is 0.185 e. The summed E-state index contributed by atoms with van der Waals surface area (Å²) in [7, 11) is 2.15. The summed E-state index contributed by atoms with van der Waals surface area (Å²) in [5.41, 5.74) is 0. The van der Waals surface area contributed by atoms with Crippen molar-refractivity contribution in [2.45, 2.75) is 19.6 Å². The lowest BCUT2D eigenvalue weighted by Gasteiger charge is -2.38. The van der Waals surface area contributed by atoms with Gasteiger partial charge in [-0.25, -0.2) is 4.98 Å². The molecule has 84 valence electrons. The van der Waals surface area contributed by atoms with Gasteiger partial charge in [0, 0.05) is 31.9 Å². The highest BCUT2D eigenvalue weighted by atomic mass is 32.1. The minimum atomic E-state index is 0.0970. The SMILES string of the molecule is CC1CN(C)CCN1c1ncc(CO)s1. The van der Waals surface area contributed by atoms with Crippen molar-refractivity contribution < 1.29 is 5.11 Å². The highest BCUT2D eigenvalue weighted by molar-refractivity contribution is 7.15. The Bertz CT molecular complexity index is 328. The van der Waals surface area contributed by atoms with Crippen molar-refractivity contribution >= 4 is 16.5 Å². The molecule has 0 radical (unpaired) electrons. The smallest absolute Gasteiger partial charge is 0.185 e. The molecular formula is C10H17N3OS. The van der Waals surface area contributed by atoms with Crippen LogP contribution in [0.3, 0.4) is 0 Å². The predicted molar refractivity (Wildman–Crippen MR) is 62.3 cm³/mol.